The summed E-state index contributed by atoms with van der Waals surface area (Å²) < 4.78 is 45.5. The van der Waals surface area contributed by atoms with Gasteiger partial charge in [0.1, 0.15) is 5.75 Å². The van der Waals surface area contributed by atoms with E-state index in [9.17, 15) is 13.2 Å². The summed E-state index contributed by atoms with van der Waals surface area (Å²) in [6.07, 6.45) is 0.361. The molecule has 0 fully saturated rings. The number of ether oxygens (including phenoxy) is 2. The lowest BCUT2D eigenvalue weighted by molar-refractivity contribution is -0.274. The third kappa shape index (κ3) is 4.91. The van der Waals surface area contributed by atoms with Gasteiger partial charge in [-0.05, 0) is 30.7 Å². The lowest BCUT2D eigenvalue weighted by Crippen LogP contribution is -2.16. The predicted molar refractivity (Wildman–Crippen MR) is 74.6 cm³/mol. The van der Waals surface area contributed by atoms with Crippen LogP contribution in [-0.4, -0.2) is 22.9 Å². The maximum atomic E-state index is 12.1. The summed E-state index contributed by atoms with van der Waals surface area (Å²) >= 11 is 0. The minimum absolute atomic E-state index is 0.282. The summed E-state index contributed by atoms with van der Waals surface area (Å²) in [4.78, 5) is 8.27. The van der Waals surface area contributed by atoms with Gasteiger partial charge < -0.3 is 9.47 Å². The lowest BCUT2D eigenvalue weighted by atomic mass is 10.2. The highest BCUT2D eigenvalue weighted by Crippen LogP contribution is 2.25. The van der Waals surface area contributed by atoms with E-state index < -0.39 is 6.36 Å². The highest BCUT2D eigenvalue weighted by atomic mass is 19.4. The zero-order valence-electron chi connectivity index (χ0n) is 11.9. The molecule has 0 atom stereocenters. The highest BCUT2D eigenvalue weighted by molar-refractivity contribution is 5.56. The summed E-state index contributed by atoms with van der Waals surface area (Å²) in [7, 11) is 0. The van der Waals surface area contributed by atoms with Crippen molar-refractivity contribution in [3.63, 3.8) is 0 Å². The molecular weight excluding hydrogens is 297 g/mol. The van der Waals surface area contributed by atoms with E-state index >= 15 is 0 Å². The van der Waals surface area contributed by atoms with Crippen LogP contribution in [0, 0.1) is 0 Å². The number of alkyl halides is 3. The molecule has 0 aliphatic rings. The van der Waals surface area contributed by atoms with Gasteiger partial charge in [0.15, 0.2) is 11.6 Å². The first-order chi connectivity index (χ1) is 10.5. The maximum absolute atomic E-state index is 12.1. The molecule has 0 aliphatic carbocycles. The van der Waals surface area contributed by atoms with Crippen LogP contribution in [0.25, 0.3) is 11.4 Å². The van der Waals surface area contributed by atoms with Crippen LogP contribution < -0.4 is 9.47 Å². The summed E-state index contributed by atoms with van der Waals surface area (Å²) in [5.74, 6) is 0.686. The SMILES string of the molecule is CCCCOc1cnc(-c2ccc(OC(F)(F)F)cc2)nc1. The van der Waals surface area contributed by atoms with Gasteiger partial charge in [0.2, 0.25) is 0 Å². The normalized spacial score (nSPS) is 11.3. The van der Waals surface area contributed by atoms with Gasteiger partial charge in [0, 0.05) is 5.56 Å². The van der Waals surface area contributed by atoms with Crippen molar-refractivity contribution in [2.45, 2.75) is 26.1 Å². The lowest BCUT2D eigenvalue weighted by Gasteiger charge is -2.09. The smallest absolute Gasteiger partial charge is 0.490 e. The van der Waals surface area contributed by atoms with Gasteiger partial charge >= 0.3 is 6.36 Å². The van der Waals surface area contributed by atoms with Crippen LogP contribution in [-0.2, 0) is 0 Å². The van der Waals surface area contributed by atoms with Crippen LogP contribution in [0.2, 0.25) is 0 Å². The molecule has 0 saturated heterocycles. The van der Waals surface area contributed by atoms with Gasteiger partial charge in [-0.15, -0.1) is 13.2 Å². The number of halogens is 3. The molecule has 22 heavy (non-hydrogen) atoms. The van der Waals surface area contributed by atoms with Crippen LogP contribution in [0.1, 0.15) is 19.8 Å². The molecule has 1 heterocycles. The number of nitrogens with zero attached hydrogens (tertiary/aromatic N) is 2. The fraction of sp³-hybridized carbons (Fsp3) is 0.333. The molecule has 0 saturated carbocycles. The maximum Gasteiger partial charge on any atom is 0.573 e. The number of hydrogen-bond donors (Lipinski definition) is 0. The fourth-order valence-corrected chi connectivity index (χ4v) is 1.68. The molecule has 0 spiro atoms. The second-order valence-corrected chi connectivity index (χ2v) is 4.52. The fourth-order valence-electron chi connectivity index (χ4n) is 1.68. The molecule has 7 heteroatoms. The molecule has 1 aromatic carbocycles. The Morgan fingerprint density at radius 3 is 2.18 bits per heavy atom. The van der Waals surface area contributed by atoms with Gasteiger partial charge in [-0.25, -0.2) is 9.97 Å². The van der Waals surface area contributed by atoms with Gasteiger partial charge in [-0.3, -0.25) is 0 Å². The second-order valence-electron chi connectivity index (χ2n) is 4.52. The molecule has 0 unspecified atom stereocenters. The number of rotatable bonds is 6. The Bertz CT molecular complexity index is 583. The number of aromatic nitrogens is 2. The summed E-state index contributed by atoms with van der Waals surface area (Å²) in [5, 5.41) is 0. The number of unbranched alkanes of at least 4 members (excludes halogenated alkanes) is 1. The highest BCUT2D eigenvalue weighted by Gasteiger charge is 2.30. The molecule has 0 radical (unpaired) electrons. The van der Waals surface area contributed by atoms with Crippen LogP contribution in [0.4, 0.5) is 13.2 Å². The Morgan fingerprint density at radius 1 is 1.00 bits per heavy atom. The number of hydrogen-bond acceptors (Lipinski definition) is 4. The van der Waals surface area contributed by atoms with E-state index in [1.165, 1.54) is 36.7 Å². The van der Waals surface area contributed by atoms with Crippen LogP contribution in [0.3, 0.4) is 0 Å². The molecule has 0 bridgehead atoms. The second kappa shape index (κ2) is 7.11. The van der Waals surface area contributed by atoms with Crippen molar-refractivity contribution in [3.8, 4) is 22.9 Å². The zero-order chi connectivity index (χ0) is 16.0. The summed E-state index contributed by atoms with van der Waals surface area (Å²) in [6.45, 7) is 2.66. The van der Waals surface area contributed by atoms with E-state index in [-0.39, 0.29) is 5.75 Å². The van der Waals surface area contributed by atoms with Crippen molar-refractivity contribution in [1.82, 2.24) is 9.97 Å². The van der Waals surface area contributed by atoms with Gasteiger partial charge in [-0.1, -0.05) is 13.3 Å². The van der Waals surface area contributed by atoms with E-state index in [0.29, 0.717) is 23.7 Å². The third-order valence-corrected chi connectivity index (χ3v) is 2.74. The van der Waals surface area contributed by atoms with Crippen molar-refractivity contribution in [2.75, 3.05) is 6.61 Å². The first-order valence-corrected chi connectivity index (χ1v) is 6.79. The molecular formula is C15H15F3N2O2. The topological polar surface area (TPSA) is 44.2 Å². The van der Waals surface area contributed by atoms with Crippen molar-refractivity contribution in [3.05, 3.63) is 36.7 Å². The Hall–Kier alpha value is -2.31. The number of benzene rings is 1. The Kier molecular flexibility index (Phi) is 5.19. The third-order valence-electron chi connectivity index (χ3n) is 2.74. The Labute approximate surface area is 125 Å². The molecule has 1 aromatic heterocycles. The van der Waals surface area contributed by atoms with Crippen LogP contribution in [0.15, 0.2) is 36.7 Å². The van der Waals surface area contributed by atoms with E-state index in [1.807, 2.05) is 0 Å². The molecule has 2 aromatic rings. The Morgan fingerprint density at radius 2 is 1.64 bits per heavy atom. The minimum atomic E-state index is -4.70. The van der Waals surface area contributed by atoms with Crippen molar-refractivity contribution >= 4 is 0 Å². The Balaban J connectivity index is 2.02. The quantitative estimate of drug-likeness (QED) is 0.749. The first kappa shape index (κ1) is 16.1. The molecule has 2 rings (SSSR count). The molecule has 0 amide bonds. The average Bonchev–Trinajstić information content (AvgIpc) is 2.48. The molecule has 0 aliphatic heterocycles. The minimum Gasteiger partial charge on any atom is -0.490 e. The van der Waals surface area contributed by atoms with Crippen LogP contribution >= 0.6 is 0 Å². The standard InChI is InChI=1S/C15H15F3N2O2/c1-2-3-8-21-13-9-19-14(20-10-13)11-4-6-12(7-5-11)22-15(16,17)18/h4-7,9-10H,2-3,8H2,1H3. The van der Waals surface area contributed by atoms with Gasteiger partial charge in [0.25, 0.3) is 0 Å². The largest absolute Gasteiger partial charge is 0.573 e. The van der Waals surface area contributed by atoms with Crippen molar-refractivity contribution in [1.29, 1.82) is 0 Å². The molecule has 0 N–H and O–H groups in total. The van der Waals surface area contributed by atoms with E-state index in [1.54, 1.807) is 0 Å². The van der Waals surface area contributed by atoms with Gasteiger partial charge in [-0.2, -0.15) is 0 Å². The first-order valence-electron chi connectivity index (χ1n) is 6.79. The summed E-state index contributed by atoms with van der Waals surface area (Å²) in [6, 6.07) is 5.37. The average molecular weight is 312 g/mol. The van der Waals surface area contributed by atoms with Gasteiger partial charge in [0.05, 0.1) is 19.0 Å². The van der Waals surface area contributed by atoms with Crippen molar-refractivity contribution in [2.24, 2.45) is 0 Å². The van der Waals surface area contributed by atoms with Crippen LogP contribution in [0.5, 0.6) is 11.5 Å². The summed E-state index contributed by atoms with van der Waals surface area (Å²) in [5.41, 5.74) is 0.592. The molecule has 4 nitrogen and oxygen atoms in total. The van der Waals surface area contributed by atoms with E-state index in [4.69, 9.17) is 4.74 Å². The van der Waals surface area contributed by atoms with E-state index in [0.717, 1.165) is 12.8 Å². The van der Waals surface area contributed by atoms with E-state index in [2.05, 4.69) is 21.6 Å². The monoisotopic (exact) mass is 312 g/mol. The molecule has 118 valence electrons. The predicted octanol–water partition coefficient (Wildman–Crippen LogP) is 4.22. The zero-order valence-corrected chi connectivity index (χ0v) is 11.9. The van der Waals surface area contributed by atoms with Crippen molar-refractivity contribution < 1.29 is 22.6 Å².